The van der Waals surface area contributed by atoms with Gasteiger partial charge in [-0.05, 0) is 49.8 Å². The molecule has 0 aliphatic carbocycles. The van der Waals surface area contributed by atoms with Gasteiger partial charge in [0.2, 0.25) is 0 Å². The molecule has 0 heterocycles. The van der Waals surface area contributed by atoms with Crippen LogP contribution in [0.2, 0.25) is 0 Å². The minimum atomic E-state index is -0.416. The lowest BCUT2D eigenvalue weighted by atomic mass is 9.90. The molecule has 0 N–H and O–H groups in total. The predicted molar refractivity (Wildman–Crippen MR) is 151 cm³/mol. The number of Topliss-reactive ketones (excluding diaryl/α,β-unsaturated/α-hetero) is 4. The summed E-state index contributed by atoms with van der Waals surface area (Å²) in [6.07, 6.45) is 11.9. The molecule has 1 aromatic rings. The van der Waals surface area contributed by atoms with Gasteiger partial charge in [0.05, 0.1) is 18.4 Å². The highest BCUT2D eigenvalue weighted by Gasteiger charge is 2.23. The first-order valence-corrected chi connectivity index (χ1v) is 14.9. The molecule has 38 heavy (non-hydrogen) atoms. The number of unbranched alkanes of at least 4 members (excludes halogenated alkanes) is 6. The van der Waals surface area contributed by atoms with Crippen molar-refractivity contribution in [2.45, 2.75) is 124 Å². The van der Waals surface area contributed by atoms with E-state index < -0.39 is 11.8 Å². The smallest absolute Gasteiger partial charge is 0.165 e. The SMILES string of the molecule is CCC(=O)C(CCCCCCOOc1ccc(CCCCCCC(C(=O)CC)C(=O)CC)cc1)C(=O)CC. The van der Waals surface area contributed by atoms with Crippen LogP contribution in [0.3, 0.4) is 0 Å². The van der Waals surface area contributed by atoms with Crippen LogP contribution >= 0.6 is 0 Å². The van der Waals surface area contributed by atoms with E-state index >= 15 is 0 Å². The Morgan fingerprint density at radius 1 is 0.579 bits per heavy atom. The first kappa shape index (κ1) is 33.7. The van der Waals surface area contributed by atoms with E-state index in [-0.39, 0.29) is 23.1 Å². The van der Waals surface area contributed by atoms with Crippen molar-refractivity contribution in [3.05, 3.63) is 29.8 Å². The molecule has 0 saturated carbocycles. The van der Waals surface area contributed by atoms with Gasteiger partial charge in [-0.15, -0.1) is 0 Å². The Labute approximate surface area is 230 Å². The molecule has 0 radical (unpaired) electrons. The van der Waals surface area contributed by atoms with Crippen molar-refractivity contribution in [1.29, 1.82) is 0 Å². The van der Waals surface area contributed by atoms with Crippen LogP contribution in [0.5, 0.6) is 5.75 Å². The molecule has 0 aliphatic rings. The molecule has 6 nitrogen and oxygen atoms in total. The molecule has 0 aromatic heterocycles. The number of aryl methyl sites for hydroxylation is 1. The van der Waals surface area contributed by atoms with Gasteiger partial charge in [0.25, 0.3) is 0 Å². The van der Waals surface area contributed by atoms with Gasteiger partial charge in [-0.2, -0.15) is 4.89 Å². The minimum Gasteiger partial charge on any atom is -0.338 e. The Kier molecular flexibility index (Phi) is 18.3. The summed E-state index contributed by atoms with van der Waals surface area (Å²) in [7, 11) is 0. The summed E-state index contributed by atoms with van der Waals surface area (Å²) in [5.41, 5.74) is 1.25. The Hall–Kier alpha value is -2.34. The third-order valence-electron chi connectivity index (χ3n) is 7.21. The third-order valence-corrected chi connectivity index (χ3v) is 7.21. The van der Waals surface area contributed by atoms with Gasteiger partial charge in [0.1, 0.15) is 23.1 Å². The number of carbonyl (C=O) groups excluding carboxylic acids is 4. The van der Waals surface area contributed by atoms with E-state index in [2.05, 4.69) is 12.1 Å². The fourth-order valence-electron chi connectivity index (χ4n) is 4.70. The highest BCUT2D eigenvalue weighted by atomic mass is 17.2. The van der Waals surface area contributed by atoms with Crippen molar-refractivity contribution in [2.24, 2.45) is 11.8 Å². The number of rotatable bonds is 24. The minimum absolute atomic E-state index is 0.0652. The van der Waals surface area contributed by atoms with Gasteiger partial charge >= 0.3 is 0 Å². The van der Waals surface area contributed by atoms with Crippen LogP contribution in [0.25, 0.3) is 0 Å². The second-order valence-corrected chi connectivity index (χ2v) is 10.1. The number of hydrogen-bond donors (Lipinski definition) is 0. The molecular formula is C32H50O6. The van der Waals surface area contributed by atoms with Crippen LogP contribution in [0.4, 0.5) is 0 Å². The Balaban J connectivity index is 2.15. The summed E-state index contributed by atoms with van der Waals surface area (Å²) < 4.78 is 0. The number of ketones is 4. The summed E-state index contributed by atoms with van der Waals surface area (Å²) in [6, 6.07) is 7.95. The zero-order valence-corrected chi connectivity index (χ0v) is 24.2. The highest BCUT2D eigenvalue weighted by Crippen LogP contribution is 2.19. The third kappa shape index (κ3) is 13.5. The van der Waals surface area contributed by atoms with Crippen LogP contribution in [0.1, 0.15) is 123 Å². The lowest BCUT2D eigenvalue weighted by molar-refractivity contribution is -0.207. The maximum absolute atomic E-state index is 12.0. The van der Waals surface area contributed by atoms with Crippen LogP contribution < -0.4 is 4.89 Å². The zero-order chi connectivity index (χ0) is 28.2. The van der Waals surface area contributed by atoms with Gasteiger partial charge in [0.15, 0.2) is 5.75 Å². The molecule has 0 amide bonds. The summed E-state index contributed by atoms with van der Waals surface area (Å²) in [4.78, 5) is 58.6. The van der Waals surface area contributed by atoms with Crippen molar-refractivity contribution < 1.29 is 29.0 Å². The lowest BCUT2D eigenvalue weighted by Crippen LogP contribution is -2.22. The molecular weight excluding hydrogens is 480 g/mol. The van der Waals surface area contributed by atoms with Crippen LogP contribution in [0, 0.1) is 11.8 Å². The molecule has 0 unspecified atom stereocenters. The molecule has 214 valence electrons. The molecule has 0 spiro atoms. The van der Waals surface area contributed by atoms with Gasteiger partial charge in [-0.3, -0.25) is 19.2 Å². The average molecular weight is 531 g/mol. The summed E-state index contributed by atoms with van der Waals surface area (Å²) >= 11 is 0. The molecule has 0 aliphatic heterocycles. The van der Waals surface area contributed by atoms with E-state index in [1.165, 1.54) is 5.56 Å². The molecule has 6 heteroatoms. The quantitative estimate of drug-likeness (QED) is 0.0592. The van der Waals surface area contributed by atoms with Crippen molar-refractivity contribution in [3.8, 4) is 5.75 Å². The molecule has 0 saturated heterocycles. The normalized spacial score (nSPS) is 11.2. The summed E-state index contributed by atoms with van der Waals surface area (Å²) in [5.74, 6) is 0.163. The summed E-state index contributed by atoms with van der Waals surface area (Å²) in [6.45, 7) is 7.80. The van der Waals surface area contributed by atoms with E-state index in [1.807, 2.05) is 39.8 Å². The van der Waals surface area contributed by atoms with E-state index in [4.69, 9.17) is 9.78 Å². The van der Waals surface area contributed by atoms with Crippen molar-refractivity contribution >= 4 is 23.1 Å². The van der Waals surface area contributed by atoms with Gasteiger partial charge in [0, 0.05) is 25.7 Å². The number of benzene rings is 1. The second kappa shape index (κ2) is 20.6. The monoisotopic (exact) mass is 530 g/mol. The Morgan fingerprint density at radius 3 is 1.45 bits per heavy atom. The van der Waals surface area contributed by atoms with Crippen molar-refractivity contribution in [2.75, 3.05) is 6.61 Å². The number of carbonyl (C=O) groups is 4. The van der Waals surface area contributed by atoms with Crippen LogP contribution in [-0.2, 0) is 30.5 Å². The van der Waals surface area contributed by atoms with E-state index in [9.17, 15) is 19.2 Å². The van der Waals surface area contributed by atoms with Gasteiger partial charge in [-0.1, -0.05) is 78.4 Å². The zero-order valence-electron chi connectivity index (χ0n) is 24.2. The van der Waals surface area contributed by atoms with E-state index in [0.717, 1.165) is 57.8 Å². The Bertz CT molecular complexity index is 797. The topological polar surface area (TPSA) is 86.7 Å². The molecule has 0 fully saturated rings. The number of hydrogen-bond acceptors (Lipinski definition) is 6. The van der Waals surface area contributed by atoms with Crippen molar-refractivity contribution in [1.82, 2.24) is 0 Å². The Morgan fingerprint density at radius 2 is 1.00 bits per heavy atom. The average Bonchev–Trinajstić information content (AvgIpc) is 2.95. The van der Waals surface area contributed by atoms with Gasteiger partial charge < -0.3 is 4.89 Å². The van der Waals surface area contributed by atoms with Crippen LogP contribution in [-0.4, -0.2) is 29.7 Å². The van der Waals surface area contributed by atoms with E-state index in [1.54, 1.807) is 0 Å². The standard InChI is InChI=1S/C32H50O6/c1-5-29(33)27(30(34)6-2)18-14-10-9-13-17-25-20-22-26(23-21-25)38-37-24-16-12-11-15-19-28(31(35)7-3)32(36)8-4/h20-23,27-28H,5-19,24H2,1-4H3. The first-order valence-electron chi connectivity index (χ1n) is 14.9. The first-order chi connectivity index (χ1) is 18.4. The maximum Gasteiger partial charge on any atom is 0.165 e. The lowest BCUT2D eigenvalue weighted by Gasteiger charge is -2.13. The molecule has 0 atom stereocenters. The second-order valence-electron chi connectivity index (χ2n) is 10.1. The summed E-state index contributed by atoms with van der Waals surface area (Å²) in [5, 5.41) is 0. The molecule has 1 rings (SSSR count). The molecule has 0 bridgehead atoms. The largest absolute Gasteiger partial charge is 0.338 e. The highest BCUT2D eigenvalue weighted by molar-refractivity contribution is 6.02. The van der Waals surface area contributed by atoms with Crippen LogP contribution in [0.15, 0.2) is 24.3 Å². The van der Waals surface area contributed by atoms with Crippen molar-refractivity contribution in [3.63, 3.8) is 0 Å². The molecule has 1 aromatic carbocycles. The van der Waals surface area contributed by atoms with Gasteiger partial charge in [-0.25, -0.2) is 0 Å². The van der Waals surface area contributed by atoms with E-state index in [0.29, 0.717) is 50.9 Å². The fourth-order valence-corrected chi connectivity index (χ4v) is 4.70. The predicted octanol–water partition coefficient (Wildman–Crippen LogP) is 7.59. The fraction of sp³-hybridized carbons (Fsp3) is 0.688. The maximum atomic E-state index is 12.0.